The van der Waals surface area contributed by atoms with Crippen LogP contribution in [0.15, 0.2) is 29.2 Å². The Hall–Kier alpha value is -1.11. The molecular formula is C12H17ClN2O3S. The molecule has 0 radical (unpaired) electrons. The highest BCUT2D eigenvalue weighted by Gasteiger charge is 2.18. The van der Waals surface area contributed by atoms with E-state index in [1.54, 1.807) is 17.0 Å². The van der Waals surface area contributed by atoms with Crippen molar-refractivity contribution in [3.8, 4) is 0 Å². The molecule has 7 heteroatoms. The molecule has 0 unspecified atom stereocenters. The van der Waals surface area contributed by atoms with E-state index in [-0.39, 0.29) is 23.2 Å². The maximum atomic E-state index is 12.1. The first kappa shape index (κ1) is 15.9. The molecule has 0 saturated carbocycles. The monoisotopic (exact) mass is 304 g/mol. The van der Waals surface area contributed by atoms with Gasteiger partial charge in [-0.2, -0.15) is 0 Å². The van der Waals surface area contributed by atoms with Gasteiger partial charge in [0, 0.05) is 38.0 Å². The van der Waals surface area contributed by atoms with Crippen LogP contribution >= 0.6 is 12.4 Å². The molecule has 1 aliphatic rings. The summed E-state index contributed by atoms with van der Waals surface area (Å²) in [7, 11) is -3.21. The smallest absolute Gasteiger partial charge is 0.253 e. The molecule has 1 aromatic rings. The number of carbonyl (C=O) groups excluding carboxylic acids is 1. The van der Waals surface area contributed by atoms with Crippen LogP contribution in [0.5, 0.6) is 0 Å². The second-order valence-corrected chi connectivity index (χ2v) is 6.35. The number of nitrogens with zero attached hydrogens (tertiary/aromatic N) is 1. The van der Waals surface area contributed by atoms with Crippen LogP contribution in [0, 0.1) is 0 Å². The van der Waals surface area contributed by atoms with E-state index in [2.05, 4.69) is 5.32 Å². The average molecular weight is 305 g/mol. The molecule has 1 amide bonds. The summed E-state index contributed by atoms with van der Waals surface area (Å²) >= 11 is 0. The van der Waals surface area contributed by atoms with Crippen LogP contribution in [0.4, 0.5) is 0 Å². The SMILES string of the molecule is CS(=O)(=O)c1ccc(C(=O)N2CCNCC2)cc1.Cl. The number of piperazine rings is 1. The molecule has 1 N–H and O–H groups in total. The first-order chi connectivity index (χ1) is 8.48. The third-order valence-corrected chi connectivity index (χ3v) is 4.06. The number of halogens is 1. The van der Waals surface area contributed by atoms with Crippen LogP contribution in [0.25, 0.3) is 0 Å². The van der Waals surface area contributed by atoms with Crippen LogP contribution in [0.3, 0.4) is 0 Å². The average Bonchev–Trinajstić information content (AvgIpc) is 2.38. The number of benzene rings is 1. The molecule has 0 bridgehead atoms. The van der Waals surface area contributed by atoms with Crippen molar-refractivity contribution in [3.63, 3.8) is 0 Å². The number of rotatable bonds is 2. The summed E-state index contributed by atoms with van der Waals surface area (Å²) in [4.78, 5) is 14.1. The Bertz CT molecular complexity index is 537. The molecule has 2 rings (SSSR count). The van der Waals surface area contributed by atoms with Gasteiger partial charge >= 0.3 is 0 Å². The lowest BCUT2D eigenvalue weighted by Crippen LogP contribution is -2.46. The number of nitrogens with one attached hydrogen (secondary N) is 1. The van der Waals surface area contributed by atoms with Crippen LogP contribution < -0.4 is 5.32 Å². The van der Waals surface area contributed by atoms with Gasteiger partial charge in [-0.3, -0.25) is 4.79 Å². The molecule has 0 spiro atoms. The summed E-state index contributed by atoms with van der Waals surface area (Å²) in [5.74, 6) is -0.0449. The Morgan fingerprint density at radius 2 is 1.68 bits per heavy atom. The summed E-state index contributed by atoms with van der Waals surface area (Å²) in [5.41, 5.74) is 0.532. The summed E-state index contributed by atoms with van der Waals surface area (Å²) in [6, 6.07) is 6.09. The fourth-order valence-corrected chi connectivity index (χ4v) is 2.53. The van der Waals surface area contributed by atoms with E-state index < -0.39 is 9.84 Å². The number of hydrogen-bond donors (Lipinski definition) is 1. The molecule has 1 aromatic carbocycles. The number of hydrogen-bond acceptors (Lipinski definition) is 4. The van der Waals surface area contributed by atoms with E-state index >= 15 is 0 Å². The van der Waals surface area contributed by atoms with Gasteiger partial charge in [0.15, 0.2) is 9.84 Å². The Balaban J connectivity index is 0.00000180. The number of amides is 1. The highest BCUT2D eigenvalue weighted by Crippen LogP contribution is 2.12. The van der Waals surface area contributed by atoms with Crippen molar-refractivity contribution in [2.75, 3.05) is 32.4 Å². The van der Waals surface area contributed by atoms with Crippen molar-refractivity contribution in [2.45, 2.75) is 4.90 Å². The van der Waals surface area contributed by atoms with E-state index in [0.29, 0.717) is 18.7 Å². The second-order valence-electron chi connectivity index (χ2n) is 4.34. The van der Waals surface area contributed by atoms with E-state index in [9.17, 15) is 13.2 Å². The lowest BCUT2D eigenvalue weighted by Gasteiger charge is -2.27. The summed E-state index contributed by atoms with van der Waals surface area (Å²) in [6.07, 6.45) is 1.15. The Morgan fingerprint density at radius 1 is 1.16 bits per heavy atom. The van der Waals surface area contributed by atoms with Crippen molar-refractivity contribution in [1.29, 1.82) is 0 Å². The minimum absolute atomic E-state index is 0. The van der Waals surface area contributed by atoms with Crippen LogP contribution in [-0.2, 0) is 9.84 Å². The van der Waals surface area contributed by atoms with Gasteiger partial charge in [-0.05, 0) is 24.3 Å². The number of carbonyl (C=O) groups is 1. The first-order valence-electron chi connectivity index (χ1n) is 5.78. The Labute approximate surface area is 119 Å². The second kappa shape index (κ2) is 6.36. The van der Waals surface area contributed by atoms with Gasteiger partial charge in [0.05, 0.1) is 4.90 Å². The standard InChI is InChI=1S/C12H16N2O3S.ClH/c1-18(16,17)11-4-2-10(3-5-11)12(15)14-8-6-13-7-9-14;/h2-5,13H,6-9H2,1H3;1H. The largest absolute Gasteiger partial charge is 0.336 e. The van der Waals surface area contributed by atoms with Crippen LogP contribution in [0.1, 0.15) is 10.4 Å². The maximum Gasteiger partial charge on any atom is 0.253 e. The highest BCUT2D eigenvalue weighted by molar-refractivity contribution is 7.90. The van der Waals surface area contributed by atoms with Gasteiger partial charge < -0.3 is 10.2 Å². The third-order valence-electron chi connectivity index (χ3n) is 2.93. The normalized spacial score (nSPS) is 15.7. The van der Waals surface area contributed by atoms with Crippen LogP contribution in [-0.4, -0.2) is 51.7 Å². The zero-order chi connectivity index (χ0) is 13.2. The molecule has 5 nitrogen and oxygen atoms in total. The highest BCUT2D eigenvalue weighted by atomic mass is 35.5. The minimum Gasteiger partial charge on any atom is -0.336 e. The number of sulfone groups is 1. The fraction of sp³-hybridized carbons (Fsp3) is 0.417. The Morgan fingerprint density at radius 3 is 2.16 bits per heavy atom. The van der Waals surface area contributed by atoms with Crippen molar-refractivity contribution >= 4 is 28.2 Å². The zero-order valence-corrected chi connectivity index (χ0v) is 12.3. The molecular weight excluding hydrogens is 288 g/mol. The summed E-state index contributed by atoms with van der Waals surface area (Å²) < 4.78 is 22.6. The van der Waals surface area contributed by atoms with Crippen molar-refractivity contribution in [1.82, 2.24) is 10.2 Å². The molecule has 1 heterocycles. The van der Waals surface area contributed by atoms with E-state index in [0.717, 1.165) is 19.3 Å². The molecule has 106 valence electrons. The van der Waals surface area contributed by atoms with Gasteiger partial charge in [0.25, 0.3) is 5.91 Å². The molecule has 0 aliphatic carbocycles. The molecule has 19 heavy (non-hydrogen) atoms. The van der Waals surface area contributed by atoms with Crippen molar-refractivity contribution in [2.24, 2.45) is 0 Å². The lowest BCUT2D eigenvalue weighted by molar-refractivity contribution is 0.0735. The zero-order valence-electron chi connectivity index (χ0n) is 10.6. The fourth-order valence-electron chi connectivity index (χ4n) is 1.90. The van der Waals surface area contributed by atoms with E-state index in [4.69, 9.17) is 0 Å². The van der Waals surface area contributed by atoms with Gasteiger partial charge in [0.2, 0.25) is 0 Å². The quantitative estimate of drug-likeness (QED) is 0.867. The summed E-state index contributed by atoms with van der Waals surface area (Å²) in [5, 5.41) is 3.18. The third kappa shape index (κ3) is 3.92. The molecule has 1 aliphatic heterocycles. The topological polar surface area (TPSA) is 66.5 Å². The van der Waals surface area contributed by atoms with E-state index in [1.807, 2.05) is 0 Å². The molecule has 0 atom stereocenters. The molecule has 1 saturated heterocycles. The van der Waals surface area contributed by atoms with Gasteiger partial charge in [0.1, 0.15) is 0 Å². The minimum atomic E-state index is -3.21. The van der Waals surface area contributed by atoms with Crippen molar-refractivity contribution < 1.29 is 13.2 Å². The van der Waals surface area contributed by atoms with E-state index in [1.165, 1.54) is 12.1 Å². The van der Waals surface area contributed by atoms with Crippen molar-refractivity contribution in [3.05, 3.63) is 29.8 Å². The Kier molecular flexibility index (Phi) is 5.34. The first-order valence-corrected chi connectivity index (χ1v) is 7.68. The molecule has 0 aromatic heterocycles. The van der Waals surface area contributed by atoms with Crippen LogP contribution in [0.2, 0.25) is 0 Å². The lowest BCUT2D eigenvalue weighted by atomic mass is 10.2. The van der Waals surface area contributed by atoms with Gasteiger partial charge in [-0.1, -0.05) is 0 Å². The maximum absolute atomic E-state index is 12.1. The predicted octanol–water partition coefficient (Wildman–Crippen LogP) is 0.557. The van der Waals surface area contributed by atoms with Gasteiger partial charge in [-0.25, -0.2) is 8.42 Å². The predicted molar refractivity (Wildman–Crippen MR) is 75.6 cm³/mol. The summed E-state index contributed by atoms with van der Waals surface area (Å²) in [6.45, 7) is 2.97. The van der Waals surface area contributed by atoms with Gasteiger partial charge in [-0.15, -0.1) is 12.4 Å². The molecule has 1 fully saturated rings.